The van der Waals surface area contributed by atoms with E-state index in [0.717, 1.165) is 0 Å². The van der Waals surface area contributed by atoms with Gasteiger partial charge >= 0.3 is 6.09 Å². The van der Waals surface area contributed by atoms with Gasteiger partial charge in [-0.05, 0) is 52.0 Å². The van der Waals surface area contributed by atoms with Gasteiger partial charge in [-0.2, -0.15) is 0 Å². The lowest BCUT2D eigenvalue weighted by atomic mass is 10.1. The summed E-state index contributed by atoms with van der Waals surface area (Å²) in [6.07, 6.45) is 1.09. The van der Waals surface area contributed by atoms with Gasteiger partial charge in [0, 0.05) is 13.2 Å². The first-order chi connectivity index (χ1) is 12.7. The van der Waals surface area contributed by atoms with Crippen LogP contribution in [-0.4, -0.2) is 26.2 Å². The van der Waals surface area contributed by atoms with Crippen LogP contribution in [0.5, 0.6) is 0 Å². The van der Waals surface area contributed by atoms with Crippen molar-refractivity contribution in [2.24, 2.45) is 7.05 Å². The molecule has 3 aromatic rings. The highest BCUT2D eigenvalue weighted by atomic mass is 19.1. The molecule has 1 amide bonds. The maximum atomic E-state index is 14.6. The third kappa shape index (κ3) is 3.92. The Morgan fingerprint density at radius 2 is 2.00 bits per heavy atom. The fraction of sp³-hybridized carbons (Fsp3) is 0.350. The van der Waals surface area contributed by atoms with Gasteiger partial charge in [-0.3, -0.25) is 4.98 Å². The van der Waals surface area contributed by atoms with Crippen LogP contribution in [0.1, 0.15) is 39.6 Å². The van der Waals surface area contributed by atoms with Crippen LogP contribution in [0.2, 0.25) is 0 Å². The van der Waals surface area contributed by atoms with Crippen molar-refractivity contribution in [1.82, 2.24) is 19.9 Å². The Bertz CT molecular complexity index is 977. The molecular weight excluding hydrogens is 347 g/mol. The fourth-order valence-corrected chi connectivity index (χ4v) is 2.99. The van der Waals surface area contributed by atoms with Crippen LogP contribution in [0.15, 0.2) is 36.5 Å². The SMILES string of the molecule is CC(NC(=O)OC(C)(C)C)c1nc2ccc(F)c(-c3ccccn3)c2n1C. The van der Waals surface area contributed by atoms with E-state index in [0.29, 0.717) is 28.1 Å². The number of carbonyl (C=O) groups is 1. The lowest BCUT2D eigenvalue weighted by molar-refractivity contribution is 0.0505. The molecule has 1 unspecified atom stereocenters. The van der Waals surface area contributed by atoms with E-state index < -0.39 is 17.7 Å². The number of nitrogens with zero attached hydrogens (tertiary/aromatic N) is 3. The van der Waals surface area contributed by atoms with Crippen molar-refractivity contribution < 1.29 is 13.9 Å². The van der Waals surface area contributed by atoms with E-state index in [1.807, 2.05) is 13.0 Å². The van der Waals surface area contributed by atoms with Crippen LogP contribution in [0, 0.1) is 5.82 Å². The van der Waals surface area contributed by atoms with Crippen molar-refractivity contribution in [2.45, 2.75) is 39.3 Å². The predicted molar refractivity (Wildman–Crippen MR) is 102 cm³/mol. The van der Waals surface area contributed by atoms with E-state index in [1.165, 1.54) is 6.07 Å². The second-order valence-electron chi connectivity index (χ2n) is 7.40. The second kappa shape index (κ2) is 6.98. The molecular formula is C20H23FN4O2. The number of alkyl carbamates (subject to hydrolysis) is 1. The van der Waals surface area contributed by atoms with Gasteiger partial charge in [0.1, 0.15) is 17.2 Å². The molecule has 0 aliphatic heterocycles. The highest BCUT2D eigenvalue weighted by molar-refractivity contribution is 5.92. The molecule has 0 bridgehead atoms. The molecule has 1 atom stereocenters. The number of imidazole rings is 1. The van der Waals surface area contributed by atoms with Crippen molar-refractivity contribution in [3.8, 4) is 11.3 Å². The Balaban J connectivity index is 2.02. The van der Waals surface area contributed by atoms with E-state index >= 15 is 0 Å². The molecule has 2 heterocycles. The first-order valence-corrected chi connectivity index (χ1v) is 8.73. The largest absolute Gasteiger partial charge is 0.444 e. The molecule has 0 aliphatic rings. The minimum absolute atomic E-state index is 0.372. The normalized spacial score (nSPS) is 12.8. The summed E-state index contributed by atoms with van der Waals surface area (Å²) in [7, 11) is 1.80. The zero-order valence-corrected chi connectivity index (χ0v) is 16.1. The van der Waals surface area contributed by atoms with Gasteiger partial charge in [0.15, 0.2) is 0 Å². The number of rotatable bonds is 3. The van der Waals surface area contributed by atoms with E-state index in [2.05, 4.69) is 15.3 Å². The zero-order valence-electron chi connectivity index (χ0n) is 16.1. The Morgan fingerprint density at radius 3 is 2.63 bits per heavy atom. The maximum absolute atomic E-state index is 14.6. The fourth-order valence-electron chi connectivity index (χ4n) is 2.99. The van der Waals surface area contributed by atoms with E-state index in [1.54, 1.807) is 56.8 Å². The molecule has 142 valence electrons. The number of amides is 1. The van der Waals surface area contributed by atoms with Crippen LogP contribution >= 0.6 is 0 Å². The monoisotopic (exact) mass is 370 g/mol. The Hall–Kier alpha value is -2.96. The summed E-state index contributed by atoms with van der Waals surface area (Å²) >= 11 is 0. The van der Waals surface area contributed by atoms with Gasteiger partial charge in [0.25, 0.3) is 0 Å². The number of nitrogens with one attached hydrogen (secondary N) is 1. The highest BCUT2D eigenvalue weighted by Gasteiger charge is 2.23. The summed E-state index contributed by atoms with van der Waals surface area (Å²) in [5, 5.41) is 2.77. The molecule has 0 spiro atoms. The number of ether oxygens (including phenoxy) is 1. The van der Waals surface area contributed by atoms with Crippen LogP contribution in [0.3, 0.4) is 0 Å². The second-order valence-corrected chi connectivity index (χ2v) is 7.40. The number of fused-ring (bicyclic) bond motifs is 1. The molecule has 0 aliphatic carbocycles. The Labute approximate surface area is 157 Å². The van der Waals surface area contributed by atoms with Crippen molar-refractivity contribution in [2.75, 3.05) is 0 Å². The highest BCUT2D eigenvalue weighted by Crippen LogP contribution is 2.31. The maximum Gasteiger partial charge on any atom is 0.408 e. The Kier molecular flexibility index (Phi) is 4.87. The number of carbonyl (C=O) groups excluding carboxylic acids is 1. The van der Waals surface area contributed by atoms with E-state index in [4.69, 9.17) is 4.74 Å². The van der Waals surface area contributed by atoms with Crippen LogP contribution in [0.25, 0.3) is 22.3 Å². The Morgan fingerprint density at radius 1 is 1.26 bits per heavy atom. The topological polar surface area (TPSA) is 69.0 Å². The number of hydrogen-bond donors (Lipinski definition) is 1. The van der Waals surface area contributed by atoms with Gasteiger partial charge in [-0.1, -0.05) is 6.07 Å². The van der Waals surface area contributed by atoms with Crippen LogP contribution in [0.4, 0.5) is 9.18 Å². The molecule has 0 saturated carbocycles. The number of pyridine rings is 1. The van der Waals surface area contributed by atoms with Crippen molar-refractivity contribution in [3.63, 3.8) is 0 Å². The molecule has 3 rings (SSSR count). The molecule has 7 heteroatoms. The first kappa shape index (κ1) is 18.8. The van der Waals surface area contributed by atoms with Gasteiger partial charge in [-0.15, -0.1) is 0 Å². The summed E-state index contributed by atoms with van der Waals surface area (Å²) in [4.78, 5) is 20.9. The number of halogens is 1. The first-order valence-electron chi connectivity index (χ1n) is 8.73. The average molecular weight is 370 g/mol. The molecule has 0 fully saturated rings. The number of aryl methyl sites for hydroxylation is 1. The summed E-state index contributed by atoms with van der Waals surface area (Å²) in [5.74, 6) is 0.224. The molecule has 6 nitrogen and oxygen atoms in total. The number of aromatic nitrogens is 3. The summed E-state index contributed by atoms with van der Waals surface area (Å²) in [6.45, 7) is 7.21. The minimum atomic E-state index is -0.592. The predicted octanol–water partition coefficient (Wildman–Crippen LogP) is 4.36. The summed E-state index contributed by atoms with van der Waals surface area (Å²) in [5.41, 5.74) is 1.58. The van der Waals surface area contributed by atoms with Crippen LogP contribution in [-0.2, 0) is 11.8 Å². The molecule has 1 N–H and O–H groups in total. The third-order valence-electron chi connectivity index (χ3n) is 4.06. The van der Waals surface area contributed by atoms with Crippen molar-refractivity contribution in [3.05, 3.63) is 48.2 Å². The quantitative estimate of drug-likeness (QED) is 0.744. The van der Waals surface area contributed by atoms with Crippen molar-refractivity contribution in [1.29, 1.82) is 0 Å². The summed E-state index contributed by atoms with van der Waals surface area (Å²) < 4.78 is 21.7. The van der Waals surface area contributed by atoms with E-state index in [-0.39, 0.29) is 5.82 Å². The lowest BCUT2D eigenvalue weighted by Gasteiger charge is -2.21. The molecule has 2 aromatic heterocycles. The lowest BCUT2D eigenvalue weighted by Crippen LogP contribution is -2.34. The number of benzene rings is 1. The number of hydrogen-bond acceptors (Lipinski definition) is 4. The molecule has 0 saturated heterocycles. The molecule has 27 heavy (non-hydrogen) atoms. The summed E-state index contributed by atoms with van der Waals surface area (Å²) in [6, 6.07) is 7.94. The van der Waals surface area contributed by atoms with Gasteiger partial charge in [0.05, 0.1) is 28.3 Å². The van der Waals surface area contributed by atoms with Crippen LogP contribution < -0.4 is 5.32 Å². The average Bonchev–Trinajstić information content (AvgIpc) is 2.91. The molecule has 1 aromatic carbocycles. The molecule has 0 radical (unpaired) electrons. The third-order valence-corrected chi connectivity index (χ3v) is 4.06. The van der Waals surface area contributed by atoms with Gasteiger partial charge in [0.2, 0.25) is 0 Å². The van der Waals surface area contributed by atoms with E-state index in [9.17, 15) is 9.18 Å². The zero-order chi connectivity index (χ0) is 19.8. The standard InChI is InChI=1S/C20H23FN4O2/c1-12(23-19(26)27-20(2,3)4)18-24-15-10-9-13(21)16(17(15)25(18)5)14-8-6-7-11-22-14/h6-12H,1-5H3,(H,23,26). The van der Waals surface area contributed by atoms with Gasteiger partial charge < -0.3 is 14.6 Å². The minimum Gasteiger partial charge on any atom is -0.444 e. The van der Waals surface area contributed by atoms with Gasteiger partial charge in [-0.25, -0.2) is 14.2 Å². The smallest absolute Gasteiger partial charge is 0.408 e. The van der Waals surface area contributed by atoms with Crippen molar-refractivity contribution >= 4 is 17.1 Å².